The molecule has 0 aromatic rings. The van der Waals surface area contributed by atoms with Crippen molar-refractivity contribution in [2.24, 2.45) is 11.8 Å². The molecule has 0 unspecified atom stereocenters. The highest BCUT2D eigenvalue weighted by atomic mass is 16.6. The standard InChI is InChI=1S/C21H32O5/c1-2-3-5-8-14(22)11-12-15-17-13-18-21(26-17)20(15)16(25-18)9-6-4-7-10-19(23)24/h9,11-12,14-15,17-18,20-22H,2-8,10,13H2,1H3,(H,23,24)/t14-,15+,17+,18+,20+,21-/m0/s1. The van der Waals surface area contributed by atoms with Gasteiger partial charge in [0.1, 0.15) is 12.2 Å². The van der Waals surface area contributed by atoms with E-state index in [0.29, 0.717) is 6.42 Å². The first-order valence-electron chi connectivity index (χ1n) is 10.2. The van der Waals surface area contributed by atoms with Gasteiger partial charge in [0, 0.05) is 18.8 Å². The monoisotopic (exact) mass is 364 g/mol. The molecule has 3 saturated heterocycles. The van der Waals surface area contributed by atoms with Crippen molar-refractivity contribution in [3.63, 3.8) is 0 Å². The number of aliphatic hydroxyl groups is 1. The number of aliphatic carboxylic acids is 1. The van der Waals surface area contributed by atoms with E-state index >= 15 is 0 Å². The summed E-state index contributed by atoms with van der Waals surface area (Å²) in [7, 11) is 0. The van der Waals surface area contributed by atoms with Crippen LogP contribution in [0.1, 0.15) is 64.7 Å². The van der Waals surface area contributed by atoms with Crippen molar-refractivity contribution >= 4 is 5.97 Å². The van der Waals surface area contributed by atoms with Gasteiger partial charge in [-0.05, 0) is 31.8 Å². The van der Waals surface area contributed by atoms with Crippen LogP contribution in [0, 0.1) is 11.8 Å². The molecule has 0 amide bonds. The van der Waals surface area contributed by atoms with Crippen molar-refractivity contribution < 1.29 is 24.5 Å². The van der Waals surface area contributed by atoms with E-state index in [4.69, 9.17) is 14.6 Å². The fourth-order valence-corrected chi connectivity index (χ4v) is 4.49. The lowest BCUT2D eigenvalue weighted by molar-refractivity contribution is -0.137. The number of carbonyl (C=O) groups is 1. The molecule has 2 N–H and O–H groups in total. The quantitative estimate of drug-likeness (QED) is 0.431. The van der Waals surface area contributed by atoms with Crippen molar-refractivity contribution in [1.29, 1.82) is 0 Å². The fraction of sp³-hybridized carbons (Fsp3) is 0.762. The molecule has 3 fully saturated rings. The van der Waals surface area contributed by atoms with Crippen molar-refractivity contribution in [3.8, 4) is 0 Å². The Kier molecular flexibility index (Phi) is 6.76. The van der Waals surface area contributed by atoms with E-state index in [-0.39, 0.29) is 42.7 Å². The minimum atomic E-state index is -0.734. The molecule has 3 rings (SSSR count). The Bertz CT molecular complexity index is 539. The van der Waals surface area contributed by atoms with Crippen molar-refractivity contribution in [3.05, 3.63) is 24.0 Å². The van der Waals surface area contributed by atoms with Crippen LogP contribution < -0.4 is 0 Å². The average Bonchev–Trinajstić information content (AvgIpc) is 3.21. The average molecular weight is 364 g/mol. The molecule has 0 aliphatic carbocycles. The van der Waals surface area contributed by atoms with Gasteiger partial charge in [-0.3, -0.25) is 4.79 Å². The second-order valence-corrected chi connectivity index (χ2v) is 7.83. The molecule has 0 radical (unpaired) electrons. The summed E-state index contributed by atoms with van der Waals surface area (Å²) in [6.45, 7) is 2.17. The van der Waals surface area contributed by atoms with Gasteiger partial charge < -0.3 is 19.7 Å². The molecule has 0 saturated carbocycles. The van der Waals surface area contributed by atoms with Crippen LogP contribution in [-0.4, -0.2) is 40.6 Å². The zero-order chi connectivity index (χ0) is 18.5. The van der Waals surface area contributed by atoms with Crippen LogP contribution in [0.4, 0.5) is 0 Å². The predicted molar refractivity (Wildman–Crippen MR) is 98.6 cm³/mol. The summed E-state index contributed by atoms with van der Waals surface area (Å²) in [5.41, 5.74) is 0. The maximum Gasteiger partial charge on any atom is 0.303 e. The van der Waals surface area contributed by atoms with E-state index in [9.17, 15) is 9.90 Å². The van der Waals surface area contributed by atoms with Crippen LogP contribution in [-0.2, 0) is 14.3 Å². The fourth-order valence-electron chi connectivity index (χ4n) is 4.49. The molecule has 146 valence electrons. The first-order valence-corrected chi connectivity index (χ1v) is 10.2. The summed E-state index contributed by atoms with van der Waals surface area (Å²) in [5, 5.41) is 18.9. The minimum absolute atomic E-state index is 0.150. The molecule has 0 aromatic heterocycles. The van der Waals surface area contributed by atoms with E-state index in [0.717, 1.165) is 50.7 Å². The van der Waals surface area contributed by atoms with Gasteiger partial charge in [-0.25, -0.2) is 0 Å². The zero-order valence-corrected chi connectivity index (χ0v) is 15.7. The Morgan fingerprint density at radius 1 is 1.27 bits per heavy atom. The van der Waals surface area contributed by atoms with Gasteiger partial charge in [-0.2, -0.15) is 0 Å². The van der Waals surface area contributed by atoms with E-state index in [2.05, 4.69) is 19.1 Å². The number of hydrogen-bond acceptors (Lipinski definition) is 4. The van der Waals surface area contributed by atoms with Gasteiger partial charge in [0.25, 0.3) is 0 Å². The number of aliphatic hydroxyl groups excluding tert-OH is 1. The number of carboxylic acids is 1. The Labute approximate surface area is 156 Å². The third-order valence-electron chi connectivity index (χ3n) is 5.83. The van der Waals surface area contributed by atoms with Gasteiger partial charge in [-0.1, -0.05) is 38.3 Å². The molecule has 26 heavy (non-hydrogen) atoms. The number of unbranched alkanes of at least 4 members (excludes halogenated alkanes) is 4. The van der Waals surface area contributed by atoms with Crippen molar-refractivity contribution in [2.75, 3.05) is 0 Å². The van der Waals surface area contributed by atoms with E-state index in [1.54, 1.807) is 0 Å². The molecular weight excluding hydrogens is 332 g/mol. The van der Waals surface area contributed by atoms with E-state index in [1.165, 1.54) is 0 Å². The summed E-state index contributed by atoms with van der Waals surface area (Å²) >= 11 is 0. The van der Waals surface area contributed by atoms with Crippen LogP contribution >= 0.6 is 0 Å². The number of carboxylic acid groups (broad SMARTS) is 1. The molecule has 3 aliphatic rings. The lowest BCUT2D eigenvalue weighted by Crippen LogP contribution is -2.28. The number of allylic oxidation sites excluding steroid dienone is 1. The maximum atomic E-state index is 10.6. The molecule has 3 aliphatic heterocycles. The number of fused-ring (bicyclic) bond motifs is 1. The van der Waals surface area contributed by atoms with E-state index < -0.39 is 5.97 Å². The van der Waals surface area contributed by atoms with Crippen LogP contribution in [0.3, 0.4) is 0 Å². The Hall–Kier alpha value is -1.33. The van der Waals surface area contributed by atoms with Crippen molar-refractivity contribution in [1.82, 2.24) is 0 Å². The van der Waals surface area contributed by atoms with Gasteiger partial charge in [-0.15, -0.1) is 0 Å². The van der Waals surface area contributed by atoms with Crippen molar-refractivity contribution in [2.45, 2.75) is 89.1 Å². The van der Waals surface area contributed by atoms with Gasteiger partial charge in [0.2, 0.25) is 0 Å². The van der Waals surface area contributed by atoms with Crippen LogP contribution in [0.2, 0.25) is 0 Å². The molecular formula is C21H32O5. The van der Waals surface area contributed by atoms with E-state index in [1.807, 2.05) is 6.08 Å². The SMILES string of the molecule is CCCCC[C@H](O)C=C[C@H]1[C@@H]2C(=CCCCCC(=O)O)O[C@@H]3C[C@H]1O[C@H]23. The third-order valence-corrected chi connectivity index (χ3v) is 5.83. The number of rotatable bonds is 11. The van der Waals surface area contributed by atoms with Gasteiger partial charge in [0.15, 0.2) is 0 Å². The minimum Gasteiger partial charge on any atom is -0.492 e. The molecule has 0 aromatic carbocycles. The molecule has 0 spiro atoms. The van der Waals surface area contributed by atoms with Crippen LogP contribution in [0.25, 0.3) is 0 Å². The summed E-state index contributed by atoms with van der Waals surface area (Å²) in [4.78, 5) is 10.6. The topological polar surface area (TPSA) is 76.0 Å². The van der Waals surface area contributed by atoms with Crippen LogP contribution in [0.5, 0.6) is 0 Å². The lowest BCUT2D eigenvalue weighted by atomic mass is 9.78. The summed E-state index contributed by atoms with van der Waals surface area (Å²) in [6, 6.07) is 0. The highest BCUT2D eigenvalue weighted by molar-refractivity contribution is 5.66. The molecule has 5 heteroatoms. The lowest BCUT2D eigenvalue weighted by Gasteiger charge is -2.19. The normalized spacial score (nSPS) is 34.7. The second-order valence-electron chi connectivity index (χ2n) is 7.83. The predicted octanol–water partition coefficient (Wildman–Crippen LogP) is 3.82. The highest BCUT2D eigenvalue weighted by Gasteiger charge is 2.60. The summed E-state index contributed by atoms with van der Waals surface area (Å²) in [6.07, 6.45) is 14.2. The number of hydrogen-bond donors (Lipinski definition) is 2. The molecule has 6 atom stereocenters. The maximum absolute atomic E-state index is 10.6. The molecule has 5 nitrogen and oxygen atoms in total. The van der Waals surface area contributed by atoms with Gasteiger partial charge >= 0.3 is 5.97 Å². The largest absolute Gasteiger partial charge is 0.492 e. The first kappa shape index (κ1) is 19.4. The second kappa shape index (κ2) is 9.05. The number of ether oxygens (including phenoxy) is 2. The van der Waals surface area contributed by atoms with Crippen LogP contribution in [0.15, 0.2) is 24.0 Å². The highest BCUT2D eigenvalue weighted by Crippen LogP contribution is 2.54. The summed E-state index contributed by atoms with van der Waals surface area (Å²) < 4.78 is 12.2. The molecule has 2 bridgehead atoms. The summed E-state index contributed by atoms with van der Waals surface area (Å²) in [5.74, 6) is 0.829. The Morgan fingerprint density at radius 2 is 2.12 bits per heavy atom. The molecule has 3 heterocycles. The van der Waals surface area contributed by atoms with Gasteiger partial charge in [0.05, 0.1) is 23.9 Å². The zero-order valence-electron chi connectivity index (χ0n) is 15.7. The first-order chi connectivity index (χ1) is 12.6. The smallest absolute Gasteiger partial charge is 0.303 e. The Balaban J connectivity index is 1.54. The Morgan fingerprint density at radius 3 is 2.88 bits per heavy atom. The third kappa shape index (κ3) is 4.49.